The normalized spacial score (nSPS) is 11.7. The second-order valence-electron chi connectivity index (χ2n) is 5.01. The lowest BCUT2D eigenvalue weighted by atomic mass is 10.1. The van der Waals surface area contributed by atoms with Crippen molar-refractivity contribution in [2.75, 3.05) is 32.7 Å². The first kappa shape index (κ1) is 17.0. The van der Waals surface area contributed by atoms with E-state index < -0.39 is 6.04 Å². The minimum atomic E-state index is -0.437. The third kappa shape index (κ3) is 5.09. The van der Waals surface area contributed by atoms with Crippen LogP contribution in [-0.2, 0) is 9.53 Å². The number of anilines is 1. The highest BCUT2D eigenvalue weighted by Crippen LogP contribution is 2.18. The molecule has 0 spiro atoms. The van der Waals surface area contributed by atoms with Gasteiger partial charge in [-0.25, -0.2) is 0 Å². The molecular weight excluding hydrogens is 292 g/mol. The Balaban J connectivity index is 2.08. The Bertz CT molecular complexity index is 599. The molecule has 2 aromatic rings. The summed E-state index contributed by atoms with van der Waals surface area (Å²) >= 11 is 0. The Kier molecular flexibility index (Phi) is 6.59. The Labute approximate surface area is 136 Å². The summed E-state index contributed by atoms with van der Waals surface area (Å²) in [4.78, 5) is 12.6. The van der Waals surface area contributed by atoms with Gasteiger partial charge in [0.15, 0.2) is 0 Å². The Morgan fingerprint density at radius 1 is 1.04 bits per heavy atom. The molecule has 0 radical (unpaired) electrons. The van der Waals surface area contributed by atoms with Gasteiger partial charge in [-0.1, -0.05) is 30.3 Å². The number of hydrogen-bond acceptors (Lipinski definition) is 4. The third-order valence-corrected chi connectivity index (χ3v) is 3.41. The van der Waals surface area contributed by atoms with Crippen molar-refractivity contribution < 1.29 is 14.3 Å². The Hall–Kier alpha value is -2.37. The molecular formula is C18H22N2O3. The molecule has 0 aromatic heterocycles. The first-order chi connectivity index (χ1) is 11.2. The second-order valence-corrected chi connectivity index (χ2v) is 5.01. The van der Waals surface area contributed by atoms with Crippen LogP contribution in [0.2, 0.25) is 0 Å². The standard InChI is InChI=1S/C18H22N2O3/c1-22-13-12-19-17(14-6-4-3-5-7-14)18(21)20-15-8-10-16(23-2)11-9-15/h3-11,17,19H,12-13H2,1-2H3,(H,20,21). The zero-order chi connectivity index (χ0) is 16.5. The molecule has 0 saturated heterocycles. The molecule has 0 aliphatic carbocycles. The summed E-state index contributed by atoms with van der Waals surface area (Å²) in [5, 5.41) is 6.14. The van der Waals surface area contributed by atoms with E-state index in [9.17, 15) is 4.79 Å². The van der Waals surface area contributed by atoms with Gasteiger partial charge in [-0.3, -0.25) is 10.1 Å². The summed E-state index contributed by atoms with van der Waals surface area (Å²) in [6, 6.07) is 16.4. The lowest BCUT2D eigenvalue weighted by molar-refractivity contribution is -0.118. The summed E-state index contributed by atoms with van der Waals surface area (Å²) in [6.07, 6.45) is 0. The van der Waals surface area contributed by atoms with Crippen molar-refractivity contribution in [1.29, 1.82) is 0 Å². The van der Waals surface area contributed by atoms with E-state index >= 15 is 0 Å². The van der Waals surface area contributed by atoms with Crippen molar-refractivity contribution in [3.8, 4) is 5.75 Å². The number of methoxy groups -OCH3 is 2. The van der Waals surface area contributed by atoms with E-state index in [4.69, 9.17) is 9.47 Å². The highest BCUT2D eigenvalue weighted by molar-refractivity contribution is 5.95. The highest BCUT2D eigenvalue weighted by Gasteiger charge is 2.19. The molecule has 23 heavy (non-hydrogen) atoms. The van der Waals surface area contributed by atoms with Crippen molar-refractivity contribution in [2.45, 2.75) is 6.04 Å². The van der Waals surface area contributed by atoms with Gasteiger partial charge < -0.3 is 14.8 Å². The van der Waals surface area contributed by atoms with E-state index in [1.54, 1.807) is 14.2 Å². The van der Waals surface area contributed by atoms with Gasteiger partial charge >= 0.3 is 0 Å². The minimum Gasteiger partial charge on any atom is -0.497 e. The predicted molar refractivity (Wildman–Crippen MR) is 90.7 cm³/mol. The van der Waals surface area contributed by atoms with Crippen LogP contribution in [0.15, 0.2) is 54.6 Å². The van der Waals surface area contributed by atoms with Crippen molar-refractivity contribution in [3.05, 3.63) is 60.2 Å². The minimum absolute atomic E-state index is 0.113. The predicted octanol–water partition coefficient (Wildman–Crippen LogP) is 2.61. The second kappa shape index (κ2) is 8.92. The molecule has 2 rings (SSSR count). The van der Waals surface area contributed by atoms with E-state index in [0.717, 1.165) is 17.0 Å². The number of rotatable bonds is 8. The van der Waals surface area contributed by atoms with Gasteiger partial charge in [-0.05, 0) is 29.8 Å². The maximum absolute atomic E-state index is 12.6. The first-order valence-corrected chi connectivity index (χ1v) is 7.47. The molecule has 2 aromatic carbocycles. The van der Waals surface area contributed by atoms with Crippen molar-refractivity contribution in [2.24, 2.45) is 0 Å². The van der Waals surface area contributed by atoms with Crippen LogP contribution in [0.1, 0.15) is 11.6 Å². The van der Waals surface area contributed by atoms with Crippen LogP contribution in [0.25, 0.3) is 0 Å². The SMILES string of the molecule is COCCNC(C(=O)Nc1ccc(OC)cc1)c1ccccc1. The van der Waals surface area contributed by atoms with Crippen molar-refractivity contribution in [1.82, 2.24) is 5.32 Å². The number of carbonyl (C=O) groups excluding carboxylic acids is 1. The van der Waals surface area contributed by atoms with Crippen LogP contribution in [-0.4, -0.2) is 33.3 Å². The molecule has 1 amide bonds. The Morgan fingerprint density at radius 3 is 2.35 bits per heavy atom. The highest BCUT2D eigenvalue weighted by atomic mass is 16.5. The lowest BCUT2D eigenvalue weighted by Gasteiger charge is -2.19. The fraction of sp³-hybridized carbons (Fsp3) is 0.278. The van der Waals surface area contributed by atoms with E-state index in [1.807, 2.05) is 54.6 Å². The number of nitrogens with one attached hydrogen (secondary N) is 2. The molecule has 0 saturated carbocycles. The molecule has 5 nitrogen and oxygen atoms in total. The van der Waals surface area contributed by atoms with Gasteiger partial charge in [0.25, 0.3) is 0 Å². The summed E-state index contributed by atoms with van der Waals surface area (Å²) in [7, 11) is 3.25. The van der Waals surface area contributed by atoms with Crippen molar-refractivity contribution in [3.63, 3.8) is 0 Å². The molecule has 0 aliphatic heterocycles. The maximum atomic E-state index is 12.6. The van der Waals surface area contributed by atoms with Crippen molar-refractivity contribution >= 4 is 11.6 Å². The largest absolute Gasteiger partial charge is 0.497 e. The summed E-state index contributed by atoms with van der Waals surface area (Å²) in [6.45, 7) is 1.13. The fourth-order valence-corrected chi connectivity index (χ4v) is 2.20. The van der Waals surface area contributed by atoms with Gasteiger partial charge in [0.1, 0.15) is 11.8 Å². The average molecular weight is 314 g/mol. The zero-order valence-corrected chi connectivity index (χ0v) is 13.4. The van der Waals surface area contributed by atoms with Crippen LogP contribution < -0.4 is 15.4 Å². The van der Waals surface area contributed by atoms with Gasteiger partial charge in [0, 0.05) is 19.3 Å². The van der Waals surface area contributed by atoms with Crippen LogP contribution in [0.4, 0.5) is 5.69 Å². The van der Waals surface area contributed by atoms with Crippen LogP contribution >= 0.6 is 0 Å². The molecule has 0 bridgehead atoms. The monoisotopic (exact) mass is 314 g/mol. The third-order valence-electron chi connectivity index (χ3n) is 3.41. The average Bonchev–Trinajstić information content (AvgIpc) is 2.60. The molecule has 1 atom stereocenters. The maximum Gasteiger partial charge on any atom is 0.246 e. The molecule has 1 unspecified atom stereocenters. The number of carbonyl (C=O) groups is 1. The summed E-state index contributed by atoms with van der Waals surface area (Å²) < 4.78 is 10.2. The molecule has 5 heteroatoms. The zero-order valence-electron chi connectivity index (χ0n) is 13.4. The molecule has 0 aliphatic rings. The smallest absolute Gasteiger partial charge is 0.246 e. The lowest BCUT2D eigenvalue weighted by Crippen LogP contribution is -2.34. The van der Waals surface area contributed by atoms with Gasteiger partial charge in [0.2, 0.25) is 5.91 Å². The van der Waals surface area contributed by atoms with Crippen LogP contribution in [0, 0.1) is 0 Å². The summed E-state index contributed by atoms with van der Waals surface area (Å²) in [5.41, 5.74) is 1.64. The number of amides is 1. The van der Waals surface area contributed by atoms with Gasteiger partial charge in [0.05, 0.1) is 13.7 Å². The Morgan fingerprint density at radius 2 is 1.74 bits per heavy atom. The quantitative estimate of drug-likeness (QED) is 0.735. The van der Waals surface area contributed by atoms with E-state index in [2.05, 4.69) is 10.6 Å². The number of benzene rings is 2. The van der Waals surface area contributed by atoms with Crippen LogP contribution in [0.5, 0.6) is 5.75 Å². The van der Waals surface area contributed by atoms with Gasteiger partial charge in [-0.2, -0.15) is 0 Å². The first-order valence-electron chi connectivity index (χ1n) is 7.47. The molecule has 0 fully saturated rings. The van der Waals surface area contributed by atoms with E-state index in [-0.39, 0.29) is 5.91 Å². The van der Waals surface area contributed by atoms with Gasteiger partial charge in [-0.15, -0.1) is 0 Å². The fourth-order valence-electron chi connectivity index (χ4n) is 2.20. The number of ether oxygens (including phenoxy) is 2. The molecule has 122 valence electrons. The van der Waals surface area contributed by atoms with E-state index in [0.29, 0.717) is 13.2 Å². The summed E-state index contributed by atoms with van der Waals surface area (Å²) in [5.74, 6) is 0.637. The van der Waals surface area contributed by atoms with Crippen LogP contribution in [0.3, 0.4) is 0 Å². The van der Waals surface area contributed by atoms with E-state index in [1.165, 1.54) is 0 Å². The molecule has 2 N–H and O–H groups in total. The molecule has 0 heterocycles. The number of hydrogen-bond donors (Lipinski definition) is 2. The topological polar surface area (TPSA) is 59.6 Å².